The monoisotopic (exact) mass is 325 g/mol. The maximum absolute atomic E-state index is 5.88. The van der Waals surface area contributed by atoms with E-state index < -0.39 is 0 Å². The minimum absolute atomic E-state index is 0.431. The molecule has 3 N–H and O–H groups in total. The fourth-order valence-corrected chi connectivity index (χ4v) is 2.17. The highest BCUT2D eigenvalue weighted by Gasteiger charge is 2.21. The lowest BCUT2D eigenvalue weighted by molar-refractivity contribution is 0.288. The maximum Gasteiger partial charge on any atom is 0.213 e. The fraction of sp³-hybridized carbons (Fsp3) is 0.389. The minimum Gasteiger partial charge on any atom is -0.477 e. The van der Waals surface area contributed by atoms with Crippen LogP contribution in [0.1, 0.15) is 24.1 Å². The van der Waals surface area contributed by atoms with Crippen LogP contribution >= 0.6 is 0 Å². The highest BCUT2D eigenvalue weighted by molar-refractivity contribution is 5.77. The molecule has 1 aliphatic rings. The third kappa shape index (κ3) is 5.53. The molecule has 6 nitrogen and oxygen atoms in total. The number of nitrogens with one attached hydrogen (secondary N) is 1. The fourth-order valence-electron chi connectivity index (χ4n) is 2.17. The molecule has 2 heterocycles. The molecule has 24 heavy (non-hydrogen) atoms. The number of ether oxygens (including phenoxy) is 1. The van der Waals surface area contributed by atoms with Crippen LogP contribution in [-0.2, 0) is 13.0 Å². The van der Waals surface area contributed by atoms with Crippen LogP contribution in [0.2, 0.25) is 0 Å². The molecule has 2 aromatic rings. The summed E-state index contributed by atoms with van der Waals surface area (Å²) in [6.07, 6.45) is 6.94. The summed E-state index contributed by atoms with van der Waals surface area (Å²) >= 11 is 0. The average Bonchev–Trinajstić information content (AvgIpc) is 3.44. The quantitative estimate of drug-likeness (QED) is 0.572. The van der Waals surface area contributed by atoms with Gasteiger partial charge in [-0.3, -0.25) is 4.98 Å². The van der Waals surface area contributed by atoms with Crippen molar-refractivity contribution in [1.29, 1.82) is 0 Å². The van der Waals surface area contributed by atoms with Gasteiger partial charge in [0, 0.05) is 37.1 Å². The smallest absolute Gasteiger partial charge is 0.213 e. The van der Waals surface area contributed by atoms with Gasteiger partial charge in [-0.2, -0.15) is 0 Å². The molecule has 1 saturated carbocycles. The standard InChI is InChI=1S/C18H23N5O/c19-18(21-10-8-16-3-1-2-9-20-16)23-12-15-6-7-17(22-11-15)24-13-14-4-5-14/h1-3,6-7,9,11,14H,4-5,8,10,12-13H2,(H3,19,21,23). The molecule has 0 atom stereocenters. The molecule has 1 aliphatic carbocycles. The maximum atomic E-state index is 5.88. The summed E-state index contributed by atoms with van der Waals surface area (Å²) in [5, 5.41) is 3.10. The first-order chi connectivity index (χ1) is 11.8. The molecule has 126 valence electrons. The molecular formula is C18H23N5O. The van der Waals surface area contributed by atoms with E-state index in [1.807, 2.05) is 30.3 Å². The predicted octanol–water partition coefficient (Wildman–Crippen LogP) is 1.91. The van der Waals surface area contributed by atoms with E-state index in [0.717, 1.165) is 30.2 Å². The van der Waals surface area contributed by atoms with E-state index >= 15 is 0 Å². The Labute approximate surface area is 142 Å². The highest BCUT2D eigenvalue weighted by Crippen LogP contribution is 2.29. The number of hydrogen-bond acceptors (Lipinski definition) is 4. The summed E-state index contributed by atoms with van der Waals surface area (Å²) in [6.45, 7) is 1.98. The van der Waals surface area contributed by atoms with Crippen molar-refractivity contribution in [1.82, 2.24) is 15.3 Å². The van der Waals surface area contributed by atoms with Crippen LogP contribution in [0.15, 0.2) is 47.7 Å². The number of nitrogens with zero attached hydrogens (tertiary/aromatic N) is 3. The molecule has 0 spiro atoms. The zero-order valence-corrected chi connectivity index (χ0v) is 13.7. The topological polar surface area (TPSA) is 85.4 Å². The first-order valence-corrected chi connectivity index (χ1v) is 8.31. The SMILES string of the molecule is NC(=NCc1ccc(OCC2CC2)nc1)NCCc1ccccn1. The lowest BCUT2D eigenvalue weighted by atomic mass is 10.3. The normalized spacial score (nSPS) is 14.4. The zero-order chi connectivity index (χ0) is 16.6. The Balaban J connectivity index is 1.39. The molecule has 0 unspecified atom stereocenters. The van der Waals surface area contributed by atoms with Crippen molar-refractivity contribution in [3.05, 3.63) is 54.0 Å². The van der Waals surface area contributed by atoms with Gasteiger partial charge in [0.1, 0.15) is 0 Å². The summed E-state index contributed by atoms with van der Waals surface area (Å²) in [5.41, 5.74) is 7.91. The molecular weight excluding hydrogens is 302 g/mol. The number of nitrogens with two attached hydrogens (primary N) is 1. The minimum atomic E-state index is 0.431. The van der Waals surface area contributed by atoms with Crippen LogP contribution in [0.25, 0.3) is 0 Å². The van der Waals surface area contributed by atoms with Crippen LogP contribution in [0.4, 0.5) is 0 Å². The van der Waals surface area contributed by atoms with Crippen molar-refractivity contribution < 1.29 is 4.74 Å². The number of aliphatic imine (C=N–C) groups is 1. The molecule has 3 rings (SSSR count). The van der Waals surface area contributed by atoms with Gasteiger partial charge in [-0.15, -0.1) is 0 Å². The van der Waals surface area contributed by atoms with Crippen LogP contribution in [-0.4, -0.2) is 29.1 Å². The Kier molecular flexibility index (Phi) is 5.61. The van der Waals surface area contributed by atoms with Gasteiger partial charge in [-0.25, -0.2) is 9.98 Å². The van der Waals surface area contributed by atoms with E-state index in [-0.39, 0.29) is 0 Å². The van der Waals surface area contributed by atoms with E-state index in [2.05, 4.69) is 20.3 Å². The van der Waals surface area contributed by atoms with E-state index in [1.165, 1.54) is 12.8 Å². The Bertz CT molecular complexity index is 653. The van der Waals surface area contributed by atoms with Crippen molar-refractivity contribution in [2.75, 3.05) is 13.2 Å². The van der Waals surface area contributed by atoms with Crippen molar-refractivity contribution in [2.45, 2.75) is 25.8 Å². The van der Waals surface area contributed by atoms with Gasteiger partial charge >= 0.3 is 0 Å². The van der Waals surface area contributed by atoms with Crippen molar-refractivity contribution in [3.8, 4) is 5.88 Å². The molecule has 0 amide bonds. The molecule has 0 radical (unpaired) electrons. The summed E-state index contributed by atoms with van der Waals surface area (Å²) in [5.74, 6) is 1.84. The lowest BCUT2D eigenvalue weighted by Crippen LogP contribution is -2.33. The van der Waals surface area contributed by atoms with Gasteiger partial charge in [-0.1, -0.05) is 12.1 Å². The van der Waals surface area contributed by atoms with Crippen LogP contribution in [0.5, 0.6) is 5.88 Å². The Morgan fingerprint density at radius 3 is 2.88 bits per heavy atom. The molecule has 2 aromatic heterocycles. The molecule has 0 bridgehead atoms. The van der Waals surface area contributed by atoms with E-state index in [0.29, 0.717) is 24.9 Å². The van der Waals surface area contributed by atoms with Crippen molar-refractivity contribution >= 4 is 5.96 Å². The largest absolute Gasteiger partial charge is 0.477 e. The molecule has 0 aromatic carbocycles. The van der Waals surface area contributed by atoms with Gasteiger partial charge in [0.25, 0.3) is 0 Å². The summed E-state index contributed by atoms with van der Waals surface area (Å²) < 4.78 is 5.62. The Morgan fingerprint density at radius 1 is 1.25 bits per heavy atom. The van der Waals surface area contributed by atoms with Gasteiger partial charge in [-0.05, 0) is 36.5 Å². The number of guanidine groups is 1. The average molecular weight is 325 g/mol. The van der Waals surface area contributed by atoms with Gasteiger partial charge in [0.15, 0.2) is 5.96 Å². The highest BCUT2D eigenvalue weighted by atomic mass is 16.5. The van der Waals surface area contributed by atoms with Gasteiger partial charge < -0.3 is 15.8 Å². The lowest BCUT2D eigenvalue weighted by Gasteiger charge is -2.06. The molecule has 0 saturated heterocycles. The first-order valence-electron chi connectivity index (χ1n) is 8.31. The number of rotatable bonds is 8. The van der Waals surface area contributed by atoms with Crippen LogP contribution in [0, 0.1) is 5.92 Å². The summed E-state index contributed by atoms with van der Waals surface area (Å²) in [6, 6.07) is 9.74. The first kappa shape index (κ1) is 16.2. The van der Waals surface area contributed by atoms with E-state index in [4.69, 9.17) is 10.5 Å². The summed E-state index contributed by atoms with van der Waals surface area (Å²) in [7, 11) is 0. The van der Waals surface area contributed by atoms with Gasteiger partial charge in [0.05, 0.1) is 13.2 Å². The van der Waals surface area contributed by atoms with E-state index in [1.54, 1.807) is 12.4 Å². The van der Waals surface area contributed by atoms with Crippen LogP contribution < -0.4 is 15.8 Å². The van der Waals surface area contributed by atoms with Crippen molar-refractivity contribution in [3.63, 3.8) is 0 Å². The Hall–Kier alpha value is -2.63. The molecule has 1 fully saturated rings. The zero-order valence-electron chi connectivity index (χ0n) is 13.7. The number of hydrogen-bond donors (Lipinski definition) is 2. The van der Waals surface area contributed by atoms with Crippen molar-refractivity contribution in [2.24, 2.45) is 16.6 Å². The third-order valence-corrected chi connectivity index (χ3v) is 3.81. The third-order valence-electron chi connectivity index (χ3n) is 3.81. The second kappa shape index (κ2) is 8.29. The van der Waals surface area contributed by atoms with Crippen LogP contribution in [0.3, 0.4) is 0 Å². The summed E-state index contributed by atoms with van der Waals surface area (Å²) in [4.78, 5) is 12.9. The van der Waals surface area contributed by atoms with Gasteiger partial charge in [0.2, 0.25) is 5.88 Å². The second-order valence-corrected chi connectivity index (χ2v) is 5.96. The molecule has 6 heteroatoms. The predicted molar refractivity (Wildman–Crippen MR) is 93.7 cm³/mol. The number of pyridine rings is 2. The second-order valence-electron chi connectivity index (χ2n) is 5.96. The van der Waals surface area contributed by atoms with E-state index in [9.17, 15) is 0 Å². The molecule has 0 aliphatic heterocycles. The Morgan fingerprint density at radius 2 is 2.17 bits per heavy atom. The number of aromatic nitrogens is 2.